The van der Waals surface area contributed by atoms with Crippen LogP contribution in [0.15, 0.2) is 33.6 Å². The molecule has 1 rings (SSSR count). The molecule has 0 aliphatic heterocycles. The first kappa shape index (κ1) is 16.1. The maximum absolute atomic E-state index is 11.9. The number of halogens is 1. The molecule has 106 valence electrons. The molecule has 0 aliphatic rings. The molecule has 0 fully saturated rings. The van der Waals surface area contributed by atoms with Gasteiger partial charge in [0.15, 0.2) is 0 Å². The Morgan fingerprint density at radius 2 is 2.05 bits per heavy atom. The molecule has 5 nitrogen and oxygen atoms in total. The summed E-state index contributed by atoms with van der Waals surface area (Å²) in [5, 5.41) is 0. The van der Waals surface area contributed by atoms with Gasteiger partial charge >= 0.3 is 5.97 Å². The Labute approximate surface area is 121 Å². The van der Waals surface area contributed by atoms with Crippen molar-refractivity contribution < 1.29 is 17.9 Å². The molecular formula is C12H16BrNO4S. The van der Waals surface area contributed by atoms with Gasteiger partial charge in [0.1, 0.15) is 6.54 Å². The molecule has 0 heterocycles. The second-order valence-electron chi connectivity index (χ2n) is 3.83. The zero-order valence-electron chi connectivity index (χ0n) is 10.6. The number of benzene rings is 1. The molecular weight excluding hydrogens is 334 g/mol. The summed E-state index contributed by atoms with van der Waals surface area (Å²) >= 11 is 3.16. The van der Waals surface area contributed by atoms with Gasteiger partial charge in [0.2, 0.25) is 10.0 Å². The molecule has 0 unspecified atom stereocenters. The van der Waals surface area contributed by atoms with Crippen LogP contribution in [0.5, 0.6) is 0 Å². The summed E-state index contributed by atoms with van der Waals surface area (Å²) in [4.78, 5) is 11.4. The minimum Gasteiger partial charge on any atom is -0.465 e. The van der Waals surface area contributed by atoms with Gasteiger partial charge in [0, 0.05) is 4.47 Å². The number of hydrogen-bond donors (Lipinski definition) is 1. The van der Waals surface area contributed by atoms with Crippen molar-refractivity contribution in [3.05, 3.63) is 28.7 Å². The van der Waals surface area contributed by atoms with Gasteiger partial charge in [-0.3, -0.25) is 4.79 Å². The second-order valence-corrected chi connectivity index (χ2v) is 6.42. The zero-order chi connectivity index (χ0) is 14.3. The number of rotatable bonds is 7. The number of carbonyl (C=O) groups is 1. The highest BCUT2D eigenvalue weighted by molar-refractivity contribution is 9.10. The maximum atomic E-state index is 11.9. The summed E-state index contributed by atoms with van der Waals surface area (Å²) in [5.41, 5.74) is 0. The minimum atomic E-state index is -3.71. The number of sulfonamides is 1. The molecule has 0 amide bonds. The monoisotopic (exact) mass is 349 g/mol. The van der Waals surface area contributed by atoms with E-state index in [9.17, 15) is 13.2 Å². The number of unbranched alkanes of at least 4 members (excludes halogenated alkanes) is 1. The van der Waals surface area contributed by atoms with Crippen LogP contribution < -0.4 is 4.72 Å². The zero-order valence-corrected chi connectivity index (χ0v) is 13.0. The van der Waals surface area contributed by atoms with Gasteiger partial charge < -0.3 is 4.74 Å². The molecule has 0 spiro atoms. The van der Waals surface area contributed by atoms with Gasteiger partial charge in [-0.25, -0.2) is 8.42 Å². The van der Waals surface area contributed by atoms with Crippen molar-refractivity contribution in [2.75, 3.05) is 13.2 Å². The highest BCUT2D eigenvalue weighted by Crippen LogP contribution is 2.20. The number of carbonyl (C=O) groups excluding carboxylic acids is 1. The fourth-order valence-corrected chi connectivity index (χ4v) is 3.25. The van der Waals surface area contributed by atoms with Gasteiger partial charge in [0.05, 0.1) is 11.5 Å². The van der Waals surface area contributed by atoms with Crippen LogP contribution in [0.25, 0.3) is 0 Å². The lowest BCUT2D eigenvalue weighted by atomic mass is 10.4. The predicted molar refractivity (Wildman–Crippen MR) is 75.2 cm³/mol. The van der Waals surface area contributed by atoms with Crippen LogP contribution in [-0.4, -0.2) is 27.5 Å². The van der Waals surface area contributed by atoms with Gasteiger partial charge in [-0.1, -0.05) is 25.5 Å². The molecule has 0 aromatic heterocycles. The van der Waals surface area contributed by atoms with Crippen molar-refractivity contribution in [3.8, 4) is 0 Å². The van der Waals surface area contributed by atoms with Crippen molar-refractivity contribution in [1.29, 1.82) is 0 Å². The van der Waals surface area contributed by atoms with E-state index < -0.39 is 16.0 Å². The molecule has 0 radical (unpaired) electrons. The first-order valence-electron chi connectivity index (χ1n) is 5.87. The Hall–Kier alpha value is -0.920. The lowest BCUT2D eigenvalue weighted by Crippen LogP contribution is -2.31. The van der Waals surface area contributed by atoms with E-state index >= 15 is 0 Å². The second kappa shape index (κ2) is 7.62. The minimum absolute atomic E-state index is 0.0939. The van der Waals surface area contributed by atoms with Crippen molar-refractivity contribution in [3.63, 3.8) is 0 Å². The summed E-state index contributed by atoms with van der Waals surface area (Å²) in [5.74, 6) is -0.580. The van der Waals surface area contributed by atoms with E-state index in [2.05, 4.69) is 20.7 Å². The first-order valence-corrected chi connectivity index (χ1v) is 8.15. The quantitative estimate of drug-likeness (QED) is 0.604. The van der Waals surface area contributed by atoms with Crippen molar-refractivity contribution in [1.82, 2.24) is 4.72 Å². The van der Waals surface area contributed by atoms with Gasteiger partial charge in [-0.2, -0.15) is 4.72 Å². The van der Waals surface area contributed by atoms with Crippen LogP contribution in [-0.2, 0) is 19.6 Å². The third kappa shape index (κ3) is 5.30. The summed E-state index contributed by atoms with van der Waals surface area (Å²) < 4.78 is 31.4. The van der Waals surface area contributed by atoms with E-state index in [0.717, 1.165) is 12.8 Å². The van der Waals surface area contributed by atoms with Crippen LogP contribution in [0.4, 0.5) is 0 Å². The summed E-state index contributed by atoms with van der Waals surface area (Å²) in [6.45, 7) is 1.92. The fourth-order valence-electron chi connectivity index (χ4n) is 1.28. The Kier molecular flexibility index (Phi) is 6.47. The third-order valence-corrected chi connectivity index (χ3v) is 4.71. The number of hydrogen-bond acceptors (Lipinski definition) is 4. The molecule has 0 bridgehead atoms. The van der Waals surface area contributed by atoms with Gasteiger partial charge in [0.25, 0.3) is 0 Å². The number of nitrogens with one attached hydrogen (secondary N) is 1. The third-order valence-electron chi connectivity index (χ3n) is 2.29. The lowest BCUT2D eigenvalue weighted by Gasteiger charge is -2.08. The smallest absolute Gasteiger partial charge is 0.321 e. The van der Waals surface area contributed by atoms with E-state index in [-0.39, 0.29) is 11.4 Å². The van der Waals surface area contributed by atoms with Crippen molar-refractivity contribution in [2.24, 2.45) is 0 Å². The molecule has 0 saturated heterocycles. The van der Waals surface area contributed by atoms with Crippen LogP contribution in [0.3, 0.4) is 0 Å². The lowest BCUT2D eigenvalue weighted by molar-refractivity contribution is -0.142. The summed E-state index contributed by atoms with van der Waals surface area (Å²) in [6, 6.07) is 6.39. The van der Waals surface area contributed by atoms with E-state index in [1.54, 1.807) is 18.2 Å². The average Bonchev–Trinajstić information content (AvgIpc) is 2.37. The van der Waals surface area contributed by atoms with Gasteiger partial charge in [-0.15, -0.1) is 0 Å². The largest absolute Gasteiger partial charge is 0.465 e. The normalized spacial score (nSPS) is 11.3. The maximum Gasteiger partial charge on any atom is 0.321 e. The van der Waals surface area contributed by atoms with Crippen LogP contribution in [0.2, 0.25) is 0 Å². The molecule has 7 heteroatoms. The highest BCUT2D eigenvalue weighted by atomic mass is 79.9. The first-order chi connectivity index (χ1) is 8.97. The van der Waals surface area contributed by atoms with Crippen molar-refractivity contribution in [2.45, 2.75) is 24.7 Å². The number of esters is 1. The average molecular weight is 350 g/mol. The standard InChI is InChI=1S/C12H16BrNO4S/c1-2-3-8-18-12(15)9-14-19(16,17)11-7-5-4-6-10(11)13/h4-7,14H,2-3,8-9H2,1H3. The molecule has 1 N–H and O–H groups in total. The predicted octanol–water partition coefficient (Wildman–Crippen LogP) is 2.07. The molecule has 19 heavy (non-hydrogen) atoms. The SMILES string of the molecule is CCCCOC(=O)CNS(=O)(=O)c1ccccc1Br. The van der Waals surface area contributed by atoms with Crippen molar-refractivity contribution >= 4 is 31.9 Å². The van der Waals surface area contributed by atoms with Crippen LogP contribution in [0, 0.1) is 0 Å². The van der Waals surface area contributed by atoms with Crippen LogP contribution in [0.1, 0.15) is 19.8 Å². The molecule has 0 saturated carbocycles. The molecule has 0 atom stereocenters. The summed E-state index contributed by atoms with van der Waals surface area (Å²) in [6.07, 6.45) is 1.68. The van der Waals surface area contributed by atoms with Crippen LogP contribution >= 0.6 is 15.9 Å². The molecule has 0 aliphatic carbocycles. The Morgan fingerprint density at radius 1 is 1.37 bits per heavy atom. The molecule has 1 aromatic carbocycles. The highest BCUT2D eigenvalue weighted by Gasteiger charge is 2.18. The van der Waals surface area contributed by atoms with Gasteiger partial charge in [-0.05, 0) is 34.5 Å². The van der Waals surface area contributed by atoms with E-state index in [0.29, 0.717) is 11.1 Å². The Bertz CT molecular complexity index is 530. The Balaban J connectivity index is 2.57. The molecule has 1 aromatic rings. The summed E-state index contributed by atoms with van der Waals surface area (Å²) in [7, 11) is -3.71. The van der Waals surface area contributed by atoms with E-state index in [1.165, 1.54) is 6.07 Å². The van der Waals surface area contributed by atoms with E-state index in [1.807, 2.05) is 6.92 Å². The fraction of sp³-hybridized carbons (Fsp3) is 0.417. The Morgan fingerprint density at radius 3 is 2.68 bits per heavy atom. The topological polar surface area (TPSA) is 72.5 Å². The van der Waals surface area contributed by atoms with E-state index in [4.69, 9.17) is 4.74 Å². The number of ether oxygens (including phenoxy) is 1.